The molecule has 1 aliphatic rings. The highest BCUT2D eigenvalue weighted by atomic mass is 19.1. The summed E-state index contributed by atoms with van der Waals surface area (Å²) in [5.74, 6) is -1.89. The summed E-state index contributed by atoms with van der Waals surface area (Å²) in [5.41, 5.74) is 1.09. The second kappa shape index (κ2) is 6.02. The third-order valence-corrected chi connectivity index (χ3v) is 5.17. The molecule has 0 N–H and O–H groups in total. The van der Waals surface area contributed by atoms with Crippen LogP contribution in [0.2, 0.25) is 0 Å². The third-order valence-electron chi connectivity index (χ3n) is 5.17. The molecular weight excluding hydrogens is 325 g/mol. The van der Waals surface area contributed by atoms with Gasteiger partial charge in [0.15, 0.2) is 5.41 Å². The van der Waals surface area contributed by atoms with Crippen molar-refractivity contribution in [1.29, 1.82) is 0 Å². The van der Waals surface area contributed by atoms with Gasteiger partial charge in [-0.3, -0.25) is 9.59 Å². The smallest absolute Gasteiger partial charge is 0.323 e. The summed E-state index contributed by atoms with van der Waals surface area (Å²) >= 11 is 0. The Hall–Kier alpha value is -2.63. The van der Waals surface area contributed by atoms with Gasteiger partial charge in [0.1, 0.15) is 5.82 Å². The lowest BCUT2D eigenvalue weighted by Crippen LogP contribution is -2.46. The van der Waals surface area contributed by atoms with Crippen LogP contribution in [-0.4, -0.2) is 30.7 Å². The minimum absolute atomic E-state index is 0.138. The van der Waals surface area contributed by atoms with Crippen molar-refractivity contribution in [3.8, 4) is 0 Å². The molecule has 0 saturated heterocycles. The number of methoxy groups -OCH3 is 2. The zero-order valence-electron chi connectivity index (χ0n) is 14.5. The lowest BCUT2D eigenvalue weighted by atomic mass is 9.68. The number of rotatable bonds is 3. The Bertz CT molecular complexity index is 867. The molecule has 6 heteroatoms. The van der Waals surface area contributed by atoms with Crippen molar-refractivity contribution in [2.75, 3.05) is 14.2 Å². The van der Waals surface area contributed by atoms with Crippen LogP contribution in [0.15, 0.2) is 30.9 Å². The van der Waals surface area contributed by atoms with Crippen molar-refractivity contribution in [2.24, 2.45) is 12.5 Å². The minimum atomic E-state index is -1.43. The summed E-state index contributed by atoms with van der Waals surface area (Å²) in [7, 11) is 4.34. The van der Waals surface area contributed by atoms with Gasteiger partial charge in [-0.05, 0) is 30.2 Å². The summed E-state index contributed by atoms with van der Waals surface area (Å²) in [6.07, 6.45) is 2.00. The lowest BCUT2D eigenvalue weighted by Gasteiger charge is -2.36. The highest BCUT2D eigenvalue weighted by Crippen LogP contribution is 2.48. The van der Waals surface area contributed by atoms with Crippen molar-refractivity contribution in [3.05, 3.63) is 47.9 Å². The van der Waals surface area contributed by atoms with Crippen LogP contribution in [0.4, 0.5) is 4.39 Å². The van der Waals surface area contributed by atoms with E-state index in [1.165, 1.54) is 26.4 Å². The predicted octanol–water partition coefficient (Wildman–Crippen LogP) is 2.87. The Labute approximate surface area is 145 Å². The van der Waals surface area contributed by atoms with Crippen LogP contribution in [0.5, 0.6) is 0 Å². The molecule has 3 rings (SSSR count). The molecule has 1 unspecified atom stereocenters. The van der Waals surface area contributed by atoms with E-state index in [0.717, 1.165) is 22.2 Å². The summed E-state index contributed by atoms with van der Waals surface area (Å²) in [5, 5.41) is 0.769. The minimum Gasteiger partial charge on any atom is -0.468 e. The molecule has 0 saturated carbocycles. The van der Waals surface area contributed by atoms with Crippen LogP contribution >= 0.6 is 0 Å². The fraction of sp³-hybridized carbons (Fsp3) is 0.368. The Kier molecular flexibility index (Phi) is 4.14. The van der Waals surface area contributed by atoms with E-state index in [4.69, 9.17) is 9.47 Å². The number of carbonyl (C=O) groups is 2. The Morgan fingerprint density at radius 3 is 2.52 bits per heavy atom. The molecule has 0 aliphatic heterocycles. The summed E-state index contributed by atoms with van der Waals surface area (Å²) < 4.78 is 25.5. The zero-order valence-corrected chi connectivity index (χ0v) is 14.5. The Morgan fingerprint density at radius 1 is 1.32 bits per heavy atom. The maximum atomic E-state index is 13.8. The first-order valence-electron chi connectivity index (χ1n) is 7.95. The number of esters is 2. The normalized spacial score (nSPS) is 18.5. The fourth-order valence-corrected chi connectivity index (χ4v) is 3.95. The van der Waals surface area contributed by atoms with E-state index in [1.807, 2.05) is 11.6 Å². The van der Waals surface area contributed by atoms with Gasteiger partial charge in [0.05, 0.1) is 14.2 Å². The number of carbonyl (C=O) groups excluding carboxylic acids is 2. The SMILES string of the molecule is C=CC1CC(C(=O)OC)(C(=O)OC)Cc2c1c1cc(F)ccc1n2C. The van der Waals surface area contributed by atoms with E-state index in [-0.39, 0.29) is 24.6 Å². The average Bonchev–Trinajstić information content (AvgIpc) is 2.91. The van der Waals surface area contributed by atoms with Gasteiger partial charge in [-0.1, -0.05) is 6.08 Å². The number of allylic oxidation sites excluding steroid dienone is 1. The van der Waals surface area contributed by atoms with Gasteiger partial charge in [-0.2, -0.15) is 0 Å². The Morgan fingerprint density at radius 2 is 1.96 bits per heavy atom. The Balaban J connectivity index is 2.29. The number of hydrogen-bond acceptors (Lipinski definition) is 4. The number of fused-ring (bicyclic) bond motifs is 3. The summed E-state index contributed by atoms with van der Waals surface area (Å²) in [6, 6.07) is 4.57. The number of ether oxygens (including phenoxy) is 2. The monoisotopic (exact) mass is 345 g/mol. The van der Waals surface area contributed by atoms with Crippen LogP contribution < -0.4 is 0 Å². The molecule has 0 bridgehead atoms. The molecule has 1 atom stereocenters. The topological polar surface area (TPSA) is 57.5 Å². The number of benzene rings is 1. The van der Waals surface area contributed by atoms with Gasteiger partial charge < -0.3 is 14.0 Å². The average molecular weight is 345 g/mol. The lowest BCUT2D eigenvalue weighted by molar-refractivity contribution is -0.170. The molecule has 2 aromatic rings. The summed E-state index contributed by atoms with van der Waals surface area (Å²) in [4.78, 5) is 25.0. The van der Waals surface area contributed by atoms with Gasteiger partial charge in [-0.25, -0.2) is 4.39 Å². The van der Waals surface area contributed by atoms with Crippen molar-refractivity contribution in [1.82, 2.24) is 4.57 Å². The number of halogens is 1. The zero-order chi connectivity index (χ0) is 18.4. The van der Waals surface area contributed by atoms with Gasteiger partial charge >= 0.3 is 11.9 Å². The van der Waals surface area contributed by atoms with Gasteiger partial charge in [0, 0.05) is 36.0 Å². The highest BCUT2D eigenvalue weighted by molar-refractivity contribution is 6.01. The number of aromatic nitrogens is 1. The predicted molar refractivity (Wildman–Crippen MR) is 90.6 cm³/mol. The maximum Gasteiger partial charge on any atom is 0.323 e. The first-order chi connectivity index (χ1) is 11.9. The van der Waals surface area contributed by atoms with E-state index in [9.17, 15) is 14.0 Å². The molecule has 0 fully saturated rings. The van der Waals surface area contributed by atoms with Crippen LogP contribution in [0.3, 0.4) is 0 Å². The molecule has 1 aliphatic carbocycles. The first-order valence-corrected chi connectivity index (χ1v) is 7.95. The van der Waals surface area contributed by atoms with E-state index < -0.39 is 17.4 Å². The van der Waals surface area contributed by atoms with Crippen LogP contribution in [0.25, 0.3) is 10.9 Å². The molecule has 0 spiro atoms. The molecular formula is C19H20FNO4. The van der Waals surface area contributed by atoms with E-state index in [0.29, 0.717) is 0 Å². The van der Waals surface area contributed by atoms with Gasteiger partial charge in [0.25, 0.3) is 0 Å². The van der Waals surface area contributed by atoms with Gasteiger partial charge in [-0.15, -0.1) is 6.58 Å². The number of hydrogen-bond donors (Lipinski definition) is 0. The van der Waals surface area contributed by atoms with Gasteiger partial charge in [0.2, 0.25) is 0 Å². The maximum absolute atomic E-state index is 13.8. The van der Waals surface area contributed by atoms with Crippen molar-refractivity contribution in [3.63, 3.8) is 0 Å². The highest BCUT2D eigenvalue weighted by Gasteiger charge is 2.53. The van der Waals surface area contributed by atoms with Crippen LogP contribution in [0, 0.1) is 11.2 Å². The molecule has 1 heterocycles. The van der Waals surface area contributed by atoms with Crippen LogP contribution in [0.1, 0.15) is 23.6 Å². The second-order valence-electron chi connectivity index (χ2n) is 6.37. The molecule has 0 radical (unpaired) electrons. The van der Waals surface area contributed by atoms with Crippen molar-refractivity contribution < 1.29 is 23.5 Å². The molecule has 0 amide bonds. The van der Waals surface area contributed by atoms with Crippen LogP contribution in [-0.2, 0) is 32.5 Å². The second-order valence-corrected chi connectivity index (χ2v) is 6.37. The van der Waals surface area contributed by atoms with Crippen molar-refractivity contribution in [2.45, 2.75) is 18.8 Å². The van der Waals surface area contributed by atoms with E-state index in [1.54, 1.807) is 12.1 Å². The number of nitrogens with zero attached hydrogens (tertiary/aromatic N) is 1. The molecule has 132 valence electrons. The fourth-order valence-electron chi connectivity index (χ4n) is 3.95. The van der Waals surface area contributed by atoms with Crippen molar-refractivity contribution >= 4 is 22.8 Å². The van der Waals surface area contributed by atoms with E-state index in [2.05, 4.69) is 6.58 Å². The standard InChI is InChI=1S/C19H20FNO4/c1-5-11-9-19(17(22)24-3,18(23)25-4)10-15-16(11)13-8-12(20)6-7-14(13)21(15)2/h5-8,11H,1,9-10H2,2-4H3. The quantitative estimate of drug-likeness (QED) is 0.488. The molecule has 1 aromatic carbocycles. The summed E-state index contributed by atoms with van der Waals surface area (Å²) in [6.45, 7) is 3.85. The number of aryl methyl sites for hydroxylation is 1. The molecule has 5 nitrogen and oxygen atoms in total. The third kappa shape index (κ3) is 2.35. The van der Waals surface area contributed by atoms with E-state index >= 15 is 0 Å². The molecule has 1 aromatic heterocycles. The first kappa shape index (κ1) is 17.2. The molecule has 25 heavy (non-hydrogen) atoms. The largest absolute Gasteiger partial charge is 0.468 e.